The molecule has 6 aromatic rings. The lowest BCUT2D eigenvalue weighted by Gasteiger charge is -2.08. The zero-order valence-corrected chi connectivity index (χ0v) is 17.6. The van der Waals surface area contributed by atoms with Gasteiger partial charge in [-0.1, -0.05) is 78.9 Å². The number of aromatic nitrogens is 4. The molecule has 156 valence electrons. The van der Waals surface area contributed by atoms with Crippen LogP contribution in [0, 0.1) is 0 Å². The molecule has 0 bridgehead atoms. The quantitative estimate of drug-likeness (QED) is 0.314. The minimum absolute atomic E-state index is 0.585. The third kappa shape index (κ3) is 3.77. The van der Waals surface area contributed by atoms with Gasteiger partial charge in [-0.25, -0.2) is 19.9 Å². The van der Waals surface area contributed by atoms with Crippen molar-refractivity contribution in [3.8, 4) is 45.6 Å². The fraction of sp³-hybridized carbons (Fsp3) is 0. The van der Waals surface area contributed by atoms with Crippen LogP contribution < -0.4 is 0 Å². The molecule has 0 N–H and O–H groups in total. The van der Waals surface area contributed by atoms with Crippen molar-refractivity contribution in [3.05, 3.63) is 109 Å². The van der Waals surface area contributed by atoms with Crippen LogP contribution in [-0.2, 0) is 0 Å². The second-order valence-electron chi connectivity index (χ2n) is 7.61. The molecule has 5 nitrogen and oxygen atoms in total. The lowest BCUT2D eigenvalue weighted by Crippen LogP contribution is -2.00. The topological polar surface area (TPSA) is 64.7 Å². The van der Waals surface area contributed by atoms with Crippen molar-refractivity contribution in [2.24, 2.45) is 0 Å². The van der Waals surface area contributed by atoms with E-state index in [4.69, 9.17) is 19.4 Å². The molecular formula is C28H18N4O. The van der Waals surface area contributed by atoms with E-state index in [0.29, 0.717) is 28.9 Å². The predicted molar refractivity (Wildman–Crippen MR) is 129 cm³/mol. The number of benzene rings is 4. The van der Waals surface area contributed by atoms with Gasteiger partial charge in [-0.15, -0.1) is 0 Å². The normalized spacial score (nSPS) is 11.0. The van der Waals surface area contributed by atoms with E-state index in [2.05, 4.69) is 4.98 Å². The van der Waals surface area contributed by atoms with Crippen molar-refractivity contribution in [2.45, 2.75) is 0 Å². The van der Waals surface area contributed by atoms with Crippen LogP contribution in [0.5, 0.6) is 0 Å². The summed E-state index contributed by atoms with van der Waals surface area (Å²) in [5, 5.41) is 0. The number of oxazole rings is 1. The molecule has 0 aliphatic heterocycles. The first-order valence-electron chi connectivity index (χ1n) is 10.7. The summed E-state index contributed by atoms with van der Waals surface area (Å²) < 4.78 is 6.06. The van der Waals surface area contributed by atoms with Gasteiger partial charge in [-0.05, 0) is 30.3 Å². The van der Waals surface area contributed by atoms with Crippen molar-refractivity contribution in [1.82, 2.24) is 19.9 Å². The summed E-state index contributed by atoms with van der Waals surface area (Å²) in [5.74, 6) is 2.43. The van der Waals surface area contributed by atoms with Crippen molar-refractivity contribution in [3.63, 3.8) is 0 Å². The minimum atomic E-state index is 0.585. The Balaban J connectivity index is 1.49. The largest absolute Gasteiger partial charge is 0.436 e. The summed E-state index contributed by atoms with van der Waals surface area (Å²) in [5.41, 5.74) is 5.13. The molecule has 0 unspecified atom stereocenters. The molecule has 2 aromatic heterocycles. The summed E-state index contributed by atoms with van der Waals surface area (Å²) in [4.78, 5) is 18.9. The second kappa shape index (κ2) is 8.13. The van der Waals surface area contributed by atoms with Gasteiger partial charge in [-0.2, -0.15) is 0 Å². The van der Waals surface area contributed by atoms with Gasteiger partial charge in [0.1, 0.15) is 5.52 Å². The molecule has 0 atom stereocenters. The van der Waals surface area contributed by atoms with Crippen LogP contribution in [0.3, 0.4) is 0 Å². The van der Waals surface area contributed by atoms with E-state index >= 15 is 0 Å². The van der Waals surface area contributed by atoms with Gasteiger partial charge >= 0.3 is 0 Å². The van der Waals surface area contributed by atoms with Gasteiger partial charge in [-0.3, -0.25) is 0 Å². The van der Waals surface area contributed by atoms with Gasteiger partial charge in [0.25, 0.3) is 0 Å². The fourth-order valence-corrected chi connectivity index (χ4v) is 3.71. The zero-order chi connectivity index (χ0) is 22.0. The molecule has 0 amide bonds. The standard InChI is InChI=1S/C28H18N4O/c1-4-10-19(11-5-1)25-30-26(20-12-6-2-7-13-20)32-27(31-25)22-16-17-23-24(18-22)33-28(29-23)21-14-8-3-9-15-21/h1-18H. The van der Waals surface area contributed by atoms with Crippen LogP contribution in [0.15, 0.2) is 114 Å². The Morgan fingerprint density at radius 3 is 1.45 bits per heavy atom. The number of rotatable bonds is 4. The van der Waals surface area contributed by atoms with Crippen molar-refractivity contribution >= 4 is 11.1 Å². The summed E-state index contributed by atoms with van der Waals surface area (Å²) in [6.07, 6.45) is 0. The molecule has 0 saturated heterocycles. The lowest BCUT2D eigenvalue weighted by atomic mass is 10.1. The van der Waals surface area contributed by atoms with Gasteiger partial charge in [0.05, 0.1) is 0 Å². The Kier molecular flexibility index (Phi) is 4.70. The minimum Gasteiger partial charge on any atom is -0.436 e. The summed E-state index contributed by atoms with van der Waals surface area (Å²) in [7, 11) is 0. The second-order valence-corrected chi connectivity index (χ2v) is 7.61. The molecule has 2 heterocycles. The number of hydrogen-bond acceptors (Lipinski definition) is 5. The molecule has 0 saturated carbocycles. The molecule has 0 aliphatic carbocycles. The summed E-state index contributed by atoms with van der Waals surface area (Å²) in [6, 6.07) is 35.6. The van der Waals surface area contributed by atoms with Crippen molar-refractivity contribution < 1.29 is 4.42 Å². The Morgan fingerprint density at radius 2 is 0.909 bits per heavy atom. The first-order valence-corrected chi connectivity index (χ1v) is 10.7. The molecule has 5 heteroatoms. The van der Waals surface area contributed by atoms with E-state index in [1.807, 2.05) is 109 Å². The Bertz CT molecular complexity index is 1490. The first-order chi connectivity index (χ1) is 16.3. The van der Waals surface area contributed by atoms with E-state index < -0.39 is 0 Å². The van der Waals surface area contributed by atoms with Crippen LogP contribution in [0.4, 0.5) is 0 Å². The first kappa shape index (κ1) is 19.1. The van der Waals surface area contributed by atoms with Gasteiger partial charge in [0.2, 0.25) is 5.89 Å². The average molecular weight is 426 g/mol. The van der Waals surface area contributed by atoms with Crippen molar-refractivity contribution in [1.29, 1.82) is 0 Å². The highest BCUT2D eigenvalue weighted by molar-refractivity contribution is 5.81. The number of fused-ring (bicyclic) bond motifs is 1. The third-order valence-electron chi connectivity index (χ3n) is 5.37. The molecule has 0 fully saturated rings. The number of nitrogens with zero attached hydrogens (tertiary/aromatic N) is 4. The summed E-state index contributed by atoms with van der Waals surface area (Å²) >= 11 is 0. The molecular weight excluding hydrogens is 408 g/mol. The van der Waals surface area contributed by atoms with Crippen LogP contribution in [0.2, 0.25) is 0 Å². The van der Waals surface area contributed by atoms with E-state index in [9.17, 15) is 0 Å². The molecule has 0 spiro atoms. The monoisotopic (exact) mass is 426 g/mol. The molecule has 4 aromatic carbocycles. The highest BCUT2D eigenvalue weighted by atomic mass is 16.3. The van der Waals surface area contributed by atoms with Crippen LogP contribution in [0.25, 0.3) is 56.7 Å². The molecule has 0 aliphatic rings. The maximum Gasteiger partial charge on any atom is 0.227 e. The van der Waals surface area contributed by atoms with Gasteiger partial charge in [0, 0.05) is 22.3 Å². The van der Waals surface area contributed by atoms with Crippen LogP contribution in [-0.4, -0.2) is 19.9 Å². The Labute approximate surface area is 190 Å². The average Bonchev–Trinajstić information content (AvgIpc) is 3.34. The van der Waals surface area contributed by atoms with E-state index in [1.165, 1.54) is 0 Å². The third-order valence-corrected chi connectivity index (χ3v) is 5.37. The highest BCUT2D eigenvalue weighted by Gasteiger charge is 2.14. The molecule has 6 rings (SSSR count). The van der Waals surface area contributed by atoms with Crippen LogP contribution >= 0.6 is 0 Å². The van der Waals surface area contributed by atoms with E-state index in [-0.39, 0.29) is 0 Å². The lowest BCUT2D eigenvalue weighted by molar-refractivity contribution is 0.620. The summed E-state index contributed by atoms with van der Waals surface area (Å²) in [6.45, 7) is 0. The fourth-order valence-electron chi connectivity index (χ4n) is 3.71. The Hall–Kier alpha value is -4.64. The zero-order valence-electron chi connectivity index (χ0n) is 17.6. The van der Waals surface area contributed by atoms with Gasteiger partial charge in [0.15, 0.2) is 23.1 Å². The molecule has 33 heavy (non-hydrogen) atoms. The highest BCUT2D eigenvalue weighted by Crippen LogP contribution is 2.29. The van der Waals surface area contributed by atoms with Crippen molar-refractivity contribution in [2.75, 3.05) is 0 Å². The maximum absolute atomic E-state index is 6.06. The SMILES string of the molecule is c1ccc(-c2nc(-c3ccccc3)nc(-c3ccc4nc(-c5ccccc5)oc4c3)n2)cc1. The number of hydrogen-bond donors (Lipinski definition) is 0. The smallest absolute Gasteiger partial charge is 0.227 e. The Morgan fingerprint density at radius 1 is 0.424 bits per heavy atom. The molecule has 0 radical (unpaired) electrons. The van der Waals surface area contributed by atoms with Crippen LogP contribution in [0.1, 0.15) is 0 Å². The maximum atomic E-state index is 6.06. The predicted octanol–water partition coefficient (Wildman–Crippen LogP) is 6.68. The van der Waals surface area contributed by atoms with E-state index in [1.54, 1.807) is 0 Å². The van der Waals surface area contributed by atoms with Gasteiger partial charge < -0.3 is 4.42 Å². The van der Waals surface area contributed by atoms with E-state index in [0.717, 1.165) is 27.8 Å².